The molecule has 0 saturated heterocycles. The van der Waals surface area contributed by atoms with E-state index in [-0.39, 0.29) is 24.8 Å². The van der Waals surface area contributed by atoms with Crippen molar-refractivity contribution in [1.29, 1.82) is 0 Å². The topological polar surface area (TPSA) is 0 Å². The van der Waals surface area contributed by atoms with Crippen molar-refractivity contribution in [3.63, 3.8) is 0 Å². The van der Waals surface area contributed by atoms with E-state index in [0.717, 1.165) is 0 Å². The summed E-state index contributed by atoms with van der Waals surface area (Å²) in [6.07, 6.45) is 14.3. The second-order valence-electron chi connectivity index (χ2n) is 4.66. The molecule has 0 fully saturated rings. The van der Waals surface area contributed by atoms with Crippen LogP contribution < -0.4 is 0 Å². The molecule has 0 atom stereocenters. The van der Waals surface area contributed by atoms with Crippen LogP contribution in [-0.4, -0.2) is 5.98 Å². The van der Waals surface area contributed by atoms with Gasteiger partial charge in [0.25, 0.3) is 0 Å². The van der Waals surface area contributed by atoms with Gasteiger partial charge in [0, 0.05) is 0 Å². The summed E-state index contributed by atoms with van der Waals surface area (Å²) < 4.78 is 3.79. The molecule has 4 heteroatoms. The first kappa shape index (κ1) is 17.6. The summed E-state index contributed by atoms with van der Waals surface area (Å²) in [6.45, 7) is 7.46. The molecule has 2 aliphatic rings. The minimum atomic E-state index is -1.52. The maximum atomic E-state index is 2.57. The third-order valence-corrected chi connectivity index (χ3v) is 31.0. The number of halogens is 2. The maximum Gasteiger partial charge on any atom is -0.147 e. The Labute approximate surface area is 126 Å². The van der Waals surface area contributed by atoms with Crippen LogP contribution in [0, 0.1) is 0 Å². The third-order valence-electron chi connectivity index (χ3n) is 3.19. The van der Waals surface area contributed by atoms with Crippen molar-refractivity contribution in [3.8, 4) is 0 Å². The average molecular weight is 455 g/mol. The minimum Gasteiger partial charge on any atom is -0.147 e. The van der Waals surface area contributed by atoms with E-state index >= 15 is 0 Å². The molecule has 0 amide bonds. The summed E-state index contributed by atoms with van der Waals surface area (Å²) in [7, 11) is 0. The summed E-state index contributed by atoms with van der Waals surface area (Å²) >= 11 is -1.52. The first-order valence-corrected chi connectivity index (χ1v) is 18.5. The molecule has 0 spiro atoms. The van der Waals surface area contributed by atoms with Gasteiger partial charge in [0.1, 0.15) is 0 Å². The Hall–Kier alpha value is 0.627. The molecule has 0 radical (unpaired) electrons. The molecule has 0 unspecified atom stereocenters. The molecule has 0 heterocycles. The summed E-state index contributed by atoms with van der Waals surface area (Å²) in [5, 5.41) is 0. The fourth-order valence-electron chi connectivity index (χ4n) is 2.50. The Kier molecular flexibility index (Phi) is 8.22. The van der Waals surface area contributed by atoms with Gasteiger partial charge < -0.3 is 0 Å². The van der Waals surface area contributed by atoms with Crippen LogP contribution in [-0.2, 0) is 20.6 Å². The van der Waals surface area contributed by atoms with Gasteiger partial charge in [0.05, 0.1) is 0 Å². The second kappa shape index (κ2) is 7.93. The molecule has 0 nitrogen and oxygen atoms in total. The summed E-state index contributed by atoms with van der Waals surface area (Å²) in [4.78, 5) is 0. The van der Waals surface area contributed by atoms with Gasteiger partial charge in [-0.15, -0.1) is 24.8 Å². The molecular formula is C13H21Cl2HfSi. The number of hydrogen-bond donors (Lipinski definition) is 0. The van der Waals surface area contributed by atoms with E-state index in [1.165, 1.54) is 12.8 Å². The zero-order chi connectivity index (χ0) is 10.8. The van der Waals surface area contributed by atoms with Gasteiger partial charge in [0.15, 0.2) is 0 Å². The normalized spacial score (nSPS) is 17.1. The Morgan fingerprint density at radius 2 is 1.82 bits per heavy atom. The van der Waals surface area contributed by atoms with E-state index in [2.05, 4.69) is 50.4 Å². The van der Waals surface area contributed by atoms with Crippen LogP contribution in [0.15, 0.2) is 42.6 Å². The molecule has 0 aromatic rings. The Morgan fingerprint density at radius 1 is 1.12 bits per heavy atom. The summed E-state index contributed by atoms with van der Waals surface area (Å²) in [5.41, 5.74) is 1.62. The van der Waals surface area contributed by atoms with Crippen molar-refractivity contribution in [1.82, 2.24) is 0 Å². The van der Waals surface area contributed by atoms with Gasteiger partial charge in [-0.05, 0) is 0 Å². The van der Waals surface area contributed by atoms with Gasteiger partial charge >= 0.3 is 102 Å². The van der Waals surface area contributed by atoms with E-state index < -0.39 is 26.6 Å². The Morgan fingerprint density at radius 3 is 2.24 bits per heavy atom. The van der Waals surface area contributed by atoms with Crippen LogP contribution in [0.4, 0.5) is 0 Å². The van der Waals surface area contributed by atoms with Crippen LogP contribution in [0.3, 0.4) is 0 Å². The van der Waals surface area contributed by atoms with Gasteiger partial charge in [0.2, 0.25) is 0 Å². The zero-order valence-electron chi connectivity index (χ0n) is 10.7. The average Bonchev–Trinajstić information content (AvgIpc) is 2.79. The van der Waals surface area contributed by atoms with Gasteiger partial charge in [-0.3, -0.25) is 0 Å². The first-order chi connectivity index (χ1) is 7.20. The molecule has 0 aromatic carbocycles. The molecular weight excluding hydrogens is 434 g/mol. The fourth-order valence-corrected chi connectivity index (χ4v) is 30.7. The monoisotopic (exact) mass is 455 g/mol. The van der Waals surface area contributed by atoms with Crippen molar-refractivity contribution in [2.75, 3.05) is 0 Å². The Bertz CT molecular complexity index is 381. The van der Waals surface area contributed by atoms with E-state index in [1.54, 1.807) is 5.57 Å². The molecule has 95 valence electrons. The SMILES string of the molecule is CC1=[C]([Hf]([C]2=CC=CC2)[SiH](C)C)CC=C1.Cl.Cl. The summed E-state index contributed by atoms with van der Waals surface area (Å²) in [5.74, 6) is -0.423. The van der Waals surface area contributed by atoms with Gasteiger partial charge in [-0.25, -0.2) is 0 Å². The number of rotatable bonds is 3. The van der Waals surface area contributed by atoms with Crippen LogP contribution >= 0.6 is 24.8 Å². The van der Waals surface area contributed by atoms with E-state index in [4.69, 9.17) is 0 Å². The minimum absolute atomic E-state index is 0. The fraction of sp³-hybridized carbons (Fsp3) is 0.385. The van der Waals surface area contributed by atoms with E-state index in [1.807, 2.05) is 6.66 Å². The van der Waals surface area contributed by atoms with Crippen molar-refractivity contribution >= 4 is 30.8 Å². The first-order valence-electron chi connectivity index (χ1n) is 5.79. The second-order valence-corrected chi connectivity index (χ2v) is 31.6. The van der Waals surface area contributed by atoms with Gasteiger partial charge in [-0.2, -0.15) is 0 Å². The zero-order valence-corrected chi connectivity index (χ0v) is 17.1. The van der Waals surface area contributed by atoms with Crippen LogP contribution in [0.25, 0.3) is 0 Å². The Balaban J connectivity index is 0.00000128. The summed E-state index contributed by atoms with van der Waals surface area (Å²) in [6, 6.07) is 0. The van der Waals surface area contributed by atoms with E-state index in [0.29, 0.717) is 0 Å². The molecule has 0 saturated carbocycles. The maximum absolute atomic E-state index is 2.57. The van der Waals surface area contributed by atoms with E-state index in [9.17, 15) is 0 Å². The quantitative estimate of drug-likeness (QED) is 0.551. The largest absolute Gasteiger partial charge is 0.147 e. The molecule has 0 aromatic heterocycles. The molecule has 17 heavy (non-hydrogen) atoms. The molecule has 0 aliphatic heterocycles. The van der Waals surface area contributed by atoms with Crippen molar-refractivity contribution in [3.05, 3.63) is 42.6 Å². The standard InChI is InChI=1S/C6H7.C5H5.C2H7Si.2ClH.Hf/c1-6-4-2-3-5-6;1-2-4-5-3-1;1-3-2;;;/h2,4H,3H2,1H3;1-3H,4H2;3H,1-2H3;2*1H;. The van der Waals surface area contributed by atoms with Gasteiger partial charge in [-0.1, -0.05) is 0 Å². The predicted molar refractivity (Wildman–Crippen MR) is 81.7 cm³/mol. The number of allylic oxidation sites excluding steroid dienone is 8. The van der Waals surface area contributed by atoms with Crippen molar-refractivity contribution < 1.29 is 20.6 Å². The molecule has 2 aliphatic carbocycles. The van der Waals surface area contributed by atoms with Crippen LogP contribution in [0.5, 0.6) is 0 Å². The molecule has 0 bridgehead atoms. The van der Waals surface area contributed by atoms with Crippen LogP contribution in [0.2, 0.25) is 13.1 Å². The van der Waals surface area contributed by atoms with Crippen molar-refractivity contribution in [2.24, 2.45) is 0 Å². The smallest absolute Gasteiger partial charge is 0.147 e. The number of hydrogen-bond acceptors (Lipinski definition) is 0. The third kappa shape index (κ3) is 4.05. The van der Waals surface area contributed by atoms with Crippen molar-refractivity contribution in [2.45, 2.75) is 32.9 Å². The molecule has 0 N–H and O–H groups in total. The molecule has 2 rings (SSSR count). The van der Waals surface area contributed by atoms with Crippen LogP contribution in [0.1, 0.15) is 19.8 Å². The predicted octanol–water partition coefficient (Wildman–Crippen LogP) is 4.51.